The molecule has 90 valence electrons. The highest BCUT2D eigenvalue weighted by Gasteiger charge is 2.04. The summed E-state index contributed by atoms with van der Waals surface area (Å²) >= 11 is 0. The lowest BCUT2D eigenvalue weighted by Crippen LogP contribution is -2.03. The first-order valence-corrected chi connectivity index (χ1v) is 5.53. The van der Waals surface area contributed by atoms with Crippen LogP contribution in [-0.4, -0.2) is 4.98 Å². The Kier molecular flexibility index (Phi) is 3.54. The molecule has 0 aliphatic heterocycles. The van der Waals surface area contributed by atoms with Crippen LogP contribution < -0.4 is 5.32 Å². The summed E-state index contributed by atoms with van der Waals surface area (Å²) in [5.74, 6) is -0.408. The first kappa shape index (κ1) is 12.1. The Morgan fingerprint density at radius 3 is 2.94 bits per heavy atom. The van der Waals surface area contributed by atoms with Gasteiger partial charge in [0, 0.05) is 18.9 Å². The van der Waals surface area contributed by atoms with Gasteiger partial charge >= 0.3 is 0 Å². The normalized spacial score (nSPS) is 9.83. The summed E-state index contributed by atoms with van der Waals surface area (Å²) in [7, 11) is 0. The van der Waals surface area contributed by atoms with Crippen LogP contribution in [0.25, 0.3) is 0 Å². The molecule has 1 aromatic carbocycles. The van der Waals surface area contributed by atoms with Gasteiger partial charge in [-0.1, -0.05) is 0 Å². The van der Waals surface area contributed by atoms with Crippen LogP contribution in [0.3, 0.4) is 0 Å². The zero-order valence-corrected chi connectivity index (χ0v) is 9.94. The Balaban J connectivity index is 2.16. The van der Waals surface area contributed by atoms with Gasteiger partial charge in [-0.05, 0) is 42.3 Å². The third-order valence-corrected chi connectivity index (χ3v) is 2.72. The van der Waals surface area contributed by atoms with Crippen molar-refractivity contribution in [3.8, 4) is 6.07 Å². The molecule has 18 heavy (non-hydrogen) atoms. The number of halogens is 1. The van der Waals surface area contributed by atoms with Gasteiger partial charge in [0.05, 0.1) is 11.3 Å². The molecule has 0 radical (unpaired) electrons. The highest BCUT2D eigenvalue weighted by atomic mass is 19.1. The van der Waals surface area contributed by atoms with Crippen LogP contribution in [0.4, 0.5) is 10.1 Å². The number of hydrogen-bond donors (Lipinski definition) is 1. The molecule has 2 rings (SSSR count). The van der Waals surface area contributed by atoms with Crippen LogP contribution in [0.2, 0.25) is 0 Å². The molecular weight excluding hydrogens is 229 g/mol. The molecule has 0 spiro atoms. The fourth-order valence-electron chi connectivity index (χ4n) is 1.64. The van der Waals surface area contributed by atoms with Crippen LogP contribution in [0, 0.1) is 24.1 Å². The maximum absolute atomic E-state index is 13.0. The molecule has 0 bridgehead atoms. The van der Waals surface area contributed by atoms with Crippen molar-refractivity contribution in [2.75, 3.05) is 5.32 Å². The Morgan fingerprint density at radius 2 is 2.22 bits per heavy atom. The van der Waals surface area contributed by atoms with Crippen molar-refractivity contribution in [2.45, 2.75) is 13.5 Å². The maximum Gasteiger partial charge on any atom is 0.124 e. The maximum atomic E-state index is 13.0. The van der Waals surface area contributed by atoms with E-state index in [2.05, 4.69) is 10.3 Å². The van der Waals surface area contributed by atoms with Crippen LogP contribution in [0.15, 0.2) is 36.7 Å². The third-order valence-electron chi connectivity index (χ3n) is 2.72. The molecule has 0 unspecified atom stereocenters. The minimum Gasteiger partial charge on any atom is -0.380 e. The molecule has 1 N–H and O–H groups in total. The van der Waals surface area contributed by atoms with Gasteiger partial charge in [-0.2, -0.15) is 5.26 Å². The van der Waals surface area contributed by atoms with E-state index in [4.69, 9.17) is 5.26 Å². The minimum absolute atomic E-state index is 0.302. The number of benzene rings is 1. The molecule has 1 aromatic heterocycles. The number of nitrogens with zero attached hydrogens (tertiary/aromatic N) is 2. The van der Waals surface area contributed by atoms with Crippen LogP contribution >= 0.6 is 0 Å². The molecule has 0 atom stereocenters. The van der Waals surface area contributed by atoms with Gasteiger partial charge in [-0.3, -0.25) is 4.98 Å². The standard InChI is InChI=1S/C14H12FN3/c1-10-4-5-17-8-12(10)9-18-14-3-2-13(15)6-11(14)7-16/h2-6,8,18H,9H2,1H3. The van der Waals surface area contributed by atoms with Gasteiger partial charge in [0.25, 0.3) is 0 Å². The summed E-state index contributed by atoms with van der Waals surface area (Å²) in [4.78, 5) is 4.05. The first-order valence-electron chi connectivity index (χ1n) is 5.53. The number of nitriles is 1. The Hall–Kier alpha value is -2.41. The number of rotatable bonds is 3. The van der Waals surface area contributed by atoms with E-state index in [1.807, 2.05) is 19.1 Å². The smallest absolute Gasteiger partial charge is 0.124 e. The molecule has 1 heterocycles. The summed E-state index contributed by atoms with van der Waals surface area (Å²) in [6.07, 6.45) is 3.51. The highest BCUT2D eigenvalue weighted by Crippen LogP contribution is 2.17. The Bertz CT molecular complexity index is 602. The average molecular weight is 241 g/mol. The van der Waals surface area contributed by atoms with Gasteiger partial charge in [-0.15, -0.1) is 0 Å². The number of nitrogens with one attached hydrogen (secondary N) is 1. The van der Waals surface area contributed by atoms with Gasteiger partial charge in [0.1, 0.15) is 11.9 Å². The van der Waals surface area contributed by atoms with Crippen LogP contribution in [0.5, 0.6) is 0 Å². The Morgan fingerprint density at radius 1 is 1.39 bits per heavy atom. The summed E-state index contributed by atoms with van der Waals surface area (Å²) in [5.41, 5.74) is 3.10. The number of aromatic nitrogens is 1. The molecule has 0 aliphatic carbocycles. The van der Waals surface area contributed by atoms with E-state index in [1.165, 1.54) is 12.1 Å². The zero-order valence-electron chi connectivity index (χ0n) is 9.94. The number of hydrogen-bond acceptors (Lipinski definition) is 3. The van der Waals surface area contributed by atoms with Crippen molar-refractivity contribution >= 4 is 5.69 Å². The van der Waals surface area contributed by atoms with Gasteiger partial charge in [-0.25, -0.2) is 4.39 Å². The topological polar surface area (TPSA) is 48.7 Å². The van der Waals surface area contributed by atoms with Crippen molar-refractivity contribution in [3.63, 3.8) is 0 Å². The van der Waals surface area contributed by atoms with Crippen molar-refractivity contribution < 1.29 is 4.39 Å². The molecule has 4 heteroatoms. The van der Waals surface area contributed by atoms with E-state index >= 15 is 0 Å². The number of aryl methyl sites for hydroxylation is 1. The molecule has 0 amide bonds. The molecular formula is C14H12FN3. The zero-order chi connectivity index (χ0) is 13.0. The second-order valence-electron chi connectivity index (χ2n) is 3.96. The highest BCUT2D eigenvalue weighted by molar-refractivity contribution is 5.57. The van der Waals surface area contributed by atoms with Gasteiger partial charge < -0.3 is 5.32 Å². The van der Waals surface area contributed by atoms with Crippen molar-refractivity contribution in [3.05, 3.63) is 59.2 Å². The molecule has 0 aliphatic rings. The average Bonchev–Trinajstić information content (AvgIpc) is 2.39. The summed E-state index contributed by atoms with van der Waals surface area (Å²) < 4.78 is 13.0. The lowest BCUT2D eigenvalue weighted by atomic mass is 10.1. The lowest BCUT2D eigenvalue weighted by molar-refractivity contribution is 0.627. The molecule has 0 saturated carbocycles. The van der Waals surface area contributed by atoms with Crippen LogP contribution in [-0.2, 0) is 6.54 Å². The monoisotopic (exact) mass is 241 g/mol. The Labute approximate surface area is 105 Å². The second kappa shape index (κ2) is 5.28. The SMILES string of the molecule is Cc1ccncc1CNc1ccc(F)cc1C#N. The van der Waals surface area contributed by atoms with Gasteiger partial charge in [0.15, 0.2) is 0 Å². The van der Waals surface area contributed by atoms with E-state index in [-0.39, 0.29) is 0 Å². The largest absolute Gasteiger partial charge is 0.380 e. The molecule has 3 nitrogen and oxygen atoms in total. The van der Waals surface area contributed by atoms with E-state index in [1.54, 1.807) is 18.5 Å². The van der Waals surface area contributed by atoms with Crippen molar-refractivity contribution in [1.82, 2.24) is 4.98 Å². The van der Waals surface area contributed by atoms with E-state index < -0.39 is 5.82 Å². The predicted molar refractivity (Wildman–Crippen MR) is 67.4 cm³/mol. The minimum atomic E-state index is -0.408. The number of pyridine rings is 1. The lowest BCUT2D eigenvalue weighted by Gasteiger charge is -2.09. The first-order chi connectivity index (χ1) is 8.70. The summed E-state index contributed by atoms with van der Waals surface area (Å²) in [6, 6.07) is 8.01. The van der Waals surface area contributed by atoms with E-state index in [0.29, 0.717) is 17.8 Å². The van der Waals surface area contributed by atoms with E-state index in [0.717, 1.165) is 11.1 Å². The fourth-order valence-corrected chi connectivity index (χ4v) is 1.64. The fraction of sp³-hybridized carbons (Fsp3) is 0.143. The van der Waals surface area contributed by atoms with Crippen molar-refractivity contribution in [2.24, 2.45) is 0 Å². The summed E-state index contributed by atoms with van der Waals surface area (Å²) in [6.45, 7) is 2.55. The van der Waals surface area contributed by atoms with Gasteiger partial charge in [0.2, 0.25) is 0 Å². The number of anilines is 1. The van der Waals surface area contributed by atoms with E-state index in [9.17, 15) is 4.39 Å². The second-order valence-corrected chi connectivity index (χ2v) is 3.96. The summed E-state index contributed by atoms with van der Waals surface area (Å²) in [5, 5.41) is 12.0. The quantitative estimate of drug-likeness (QED) is 0.898. The molecule has 0 fully saturated rings. The third kappa shape index (κ3) is 2.64. The molecule has 2 aromatic rings. The predicted octanol–water partition coefficient (Wildman–Crippen LogP) is 3.01. The molecule has 0 saturated heterocycles. The van der Waals surface area contributed by atoms with Crippen LogP contribution in [0.1, 0.15) is 16.7 Å². The van der Waals surface area contributed by atoms with Crippen molar-refractivity contribution in [1.29, 1.82) is 5.26 Å².